The average molecular weight is 315 g/mol. The first-order valence-electron chi connectivity index (χ1n) is 7.16. The molecule has 6 heteroatoms. The lowest BCUT2D eigenvalue weighted by molar-refractivity contribution is -0.534. The van der Waals surface area contributed by atoms with E-state index < -0.39 is 34.4 Å². The van der Waals surface area contributed by atoms with Crippen molar-refractivity contribution in [2.75, 3.05) is 0 Å². The number of hydrogen-bond donors (Lipinski definition) is 0. The van der Waals surface area contributed by atoms with Crippen LogP contribution in [0.25, 0.3) is 0 Å². The van der Waals surface area contributed by atoms with E-state index in [9.17, 15) is 19.7 Å². The van der Waals surface area contributed by atoms with Crippen LogP contribution in [0.1, 0.15) is 37.1 Å². The number of furan rings is 1. The fourth-order valence-corrected chi connectivity index (χ4v) is 2.89. The highest BCUT2D eigenvalue weighted by atomic mass is 16.6. The topological polar surface area (TPSA) is 90.4 Å². The Bertz CT molecular complexity index is 679. The van der Waals surface area contributed by atoms with Crippen molar-refractivity contribution in [1.82, 2.24) is 0 Å². The van der Waals surface area contributed by atoms with Gasteiger partial charge in [0.15, 0.2) is 0 Å². The van der Waals surface area contributed by atoms with Crippen LogP contribution < -0.4 is 0 Å². The summed E-state index contributed by atoms with van der Waals surface area (Å²) in [5, 5.41) is 11.7. The van der Waals surface area contributed by atoms with Crippen molar-refractivity contribution >= 4 is 11.6 Å². The second-order valence-electron chi connectivity index (χ2n) is 5.38. The summed E-state index contributed by atoms with van der Waals surface area (Å²) in [5.41, 5.74) is 0.423. The predicted octanol–water partition coefficient (Wildman–Crippen LogP) is 3.18. The molecule has 2 aromatic rings. The van der Waals surface area contributed by atoms with Crippen molar-refractivity contribution in [3.05, 3.63) is 70.2 Å². The van der Waals surface area contributed by atoms with E-state index in [1.807, 2.05) is 0 Å². The Kier molecular flexibility index (Phi) is 5.05. The summed E-state index contributed by atoms with van der Waals surface area (Å²) in [4.78, 5) is 35.2. The number of rotatable bonds is 7. The van der Waals surface area contributed by atoms with Crippen LogP contribution >= 0.6 is 0 Å². The number of ketones is 2. The van der Waals surface area contributed by atoms with Crippen LogP contribution in [-0.2, 0) is 9.59 Å². The third-order valence-corrected chi connectivity index (χ3v) is 3.82. The fourth-order valence-electron chi connectivity index (χ4n) is 2.89. The van der Waals surface area contributed by atoms with Crippen LogP contribution in [-0.4, -0.2) is 16.5 Å². The normalized spacial score (nSPS) is 13.5. The molecule has 0 aliphatic rings. The Hall–Kier alpha value is -2.76. The number of benzene rings is 1. The number of carbonyl (C=O) groups is 2. The maximum absolute atomic E-state index is 12.0. The Balaban J connectivity index is 2.61. The number of nitrogens with zero attached hydrogens (tertiary/aromatic N) is 1. The molecule has 0 spiro atoms. The van der Waals surface area contributed by atoms with E-state index in [4.69, 9.17) is 4.42 Å². The van der Waals surface area contributed by atoms with Crippen LogP contribution in [0.3, 0.4) is 0 Å². The van der Waals surface area contributed by atoms with Crippen LogP contribution in [0.15, 0.2) is 53.1 Å². The second-order valence-corrected chi connectivity index (χ2v) is 5.38. The number of carbonyl (C=O) groups excluding carboxylic acids is 2. The summed E-state index contributed by atoms with van der Waals surface area (Å²) in [6, 6.07) is 10.2. The van der Waals surface area contributed by atoms with Gasteiger partial charge in [-0.2, -0.15) is 0 Å². The van der Waals surface area contributed by atoms with E-state index in [-0.39, 0.29) is 5.76 Å². The molecule has 0 aliphatic carbocycles. The standard InChI is InChI=1S/C17H17NO5/c1-11(19)15(12(2)20)16(14-9-6-10-23-14)17(18(21)22)13-7-4-3-5-8-13/h3-10,15-17H,1-2H3/t16-,17+/m0/s1. The summed E-state index contributed by atoms with van der Waals surface area (Å²) in [5.74, 6) is -2.69. The van der Waals surface area contributed by atoms with Crippen molar-refractivity contribution in [2.24, 2.45) is 5.92 Å². The molecular weight excluding hydrogens is 298 g/mol. The molecule has 2 rings (SSSR count). The van der Waals surface area contributed by atoms with Gasteiger partial charge in [0, 0.05) is 10.5 Å². The molecule has 0 unspecified atom stereocenters. The smallest absolute Gasteiger partial charge is 0.249 e. The van der Waals surface area contributed by atoms with Gasteiger partial charge in [-0.15, -0.1) is 0 Å². The minimum atomic E-state index is -1.25. The average Bonchev–Trinajstić information content (AvgIpc) is 3.00. The van der Waals surface area contributed by atoms with Crippen molar-refractivity contribution in [1.29, 1.82) is 0 Å². The Morgan fingerprint density at radius 2 is 1.65 bits per heavy atom. The van der Waals surface area contributed by atoms with Gasteiger partial charge in [-0.05, 0) is 26.0 Å². The highest BCUT2D eigenvalue weighted by molar-refractivity contribution is 6.01. The Morgan fingerprint density at radius 3 is 2.09 bits per heavy atom. The highest BCUT2D eigenvalue weighted by Crippen LogP contribution is 2.40. The summed E-state index contributed by atoms with van der Waals surface area (Å²) < 4.78 is 5.32. The SMILES string of the molecule is CC(=O)C(C(C)=O)[C@H](c1ccco1)[C@@H](c1ccccc1)[N+](=O)[O-]. The number of nitro groups is 1. The van der Waals surface area contributed by atoms with Crippen molar-refractivity contribution in [3.8, 4) is 0 Å². The fraction of sp³-hybridized carbons (Fsp3) is 0.294. The molecule has 120 valence electrons. The largest absolute Gasteiger partial charge is 0.469 e. The lowest BCUT2D eigenvalue weighted by Crippen LogP contribution is -2.33. The van der Waals surface area contributed by atoms with Crippen LogP contribution in [0.2, 0.25) is 0 Å². The van der Waals surface area contributed by atoms with Crippen LogP contribution in [0, 0.1) is 16.0 Å². The monoisotopic (exact) mass is 315 g/mol. The first-order chi connectivity index (χ1) is 10.9. The Morgan fingerprint density at radius 1 is 1.04 bits per heavy atom. The number of Topliss-reactive ketones (excluding diaryl/α,β-unsaturated/α-hetero) is 2. The zero-order valence-corrected chi connectivity index (χ0v) is 12.8. The van der Waals surface area contributed by atoms with Gasteiger partial charge in [-0.3, -0.25) is 19.7 Å². The lowest BCUT2D eigenvalue weighted by Gasteiger charge is -2.24. The third kappa shape index (κ3) is 3.53. The molecule has 0 saturated carbocycles. The summed E-state index contributed by atoms with van der Waals surface area (Å²) in [7, 11) is 0. The molecule has 0 N–H and O–H groups in total. The molecule has 0 amide bonds. The zero-order valence-electron chi connectivity index (χ0n) is 12.8. The first kappa shape index (κ1) is 16.6. The van der Waals surface area contributed by atoms with Gasteiger partial charge >= 0.3 is 0 Å². The maximum atomic E-state index is 12.0. The molecule has 1 aromatic heterocycles. The quantitative estimate of drug-likeness (QED) is 0.444. The van der Waals surface area contributed by atoms with E-state index in [1.165, 1.54) is 20.1 Å². The number of hydrogen-bond acceptors (Lipinski definition) is 5. The van der Waals surface area contributed by atoms with Gasteiger partial charge in [-0.25, -0.2) is 0 Å². The van der Waals surface area contributed by atoms with Crippen molar-refractivity contribution in [3.63, 3.8) is 0 Å². The second kappa shape index (κ2) is 7.00. The molecule has 1 heterocycles. The summed E-state index contributed by atoms with van der Waals surface area (Å²) in [6.45, 7) is 2.54. The Labute approximate surface area is 133 Å². The van der Waals surface area contributed by atoms with E-state index in [0.29, 0.717) is 5.56 Å². The predicted molar refractivity (Wildman–Crippen MR) is 82.5 cm³/mol. The van der Waals surface area contributed by atoms with E-state index in [2.05, 4.69) is 0 Å². The molecule has 0 bridgehead atoms. The van der Waals surface area contributed by atoms with Gasteiger partial charge < -0.3 is 4.42 Å². The summed E-state index contributed by atoms with van der Waals surface area (Å²) >= 11 is 0. The maximum Gasteiger partial charge on any atom is 0.249 e. The molecule has 0 radical (unpaired) electrons. The van der Waals surface area contributed by atoms with Gasteiger partial charge in [0.2, 0.25) is 6.04 Å². The molecule has 0 saturated heterocycles. The van der Waals surface area contributed by atoms with Crippen molar-refractivity contribution < 1.29 is 18.9 Å². The van der Waals surface area contributed by atoms with E-state index in [1.54, 1.807) is 42.5 Å². The molecule has 6 nitrogen and oxygen atoms in total. The third-order valence-electron chi connectivity index (χ3n) is 3.82. The lowest BCUT2D eigenvalue weighted by atomic mass is 9.77. The van der Waals surface area contributed by atoms with E-state index in [0.717, 1.165) is 0 Å². The highest BCUT2D eigenvalue weighted by Gasteiger charge is 2.45. The van der Waals surface area contributed by atoms with Gasteiger partial charge in [0.25, 0.3) is 0 Å². The van der Waals surface area contributed by atoms with Gasteiger partial charge in [-0.1, -0.05) is 30.3 Å². The van der Waals surface area contributed by atoms with Gasteiger partial charge in [0.1, 0.15) is 23.2 Å². The molecule has 23 heavy (non-hydrogen) atoms. The molecular formula is C17H17NO5. The minimum absolute atomic E-state index is 0.256. The first-order valence-corrected chi connectivity index (χ1v) is 7.16. The molecule has 0 fully saturated rings. The van der Waals surface area contributed by atoms with E-state index >= 15 is 0 Å². The molecule has 0 aliphatic heterocycles. The molecule has 2 atom stereocenters. The van der Waals surface area contributed by atoms with Crippen molar-refractivity contribution in [2.45, 2.75) is 25.8 Å². The summed E-state index contributed by atoms with van der Waals surface area (Å²) in [6.07, 6.45) is 1.38. The molecule has 1 aromatic carbocycles. The minimum Gasteiger partial charge on any atom is -0.469 e. The van der Waals surface area contributed by atoms with Crippen LogP contribution in [0.4, 0.5) is 0 Å². The zero-order chi connectivity index (χ0) is 17.0. The van der Waals surface area contributed by atoms with Gasteiger partial charge in [0.05, 0.1) is 12.2 Å². The van der Waals surface area contributed by atoms with Crippen LogP contribution in [0.5, 0.6) is 0 Å².